The quantitative estimate of drug-likeness (QED) is 0.813. The van der Waals surface area contributed by atoms with E-state index in [2.05, 4.69) is 31.1 Å². The van der Waals surface area contributed by atoms with Gasteiger partial charge in [-0.05, 0) is 19.3 Å². The zero-order valence-corrected chi connectivity index (χ0v) is 10.7. The highest BCUT2D eigenvalue weighted by Gasteiger charge is 2.17. The van der Waals surface area contributed by atoms with Gasteiger partial charge in [0.1, 0.15) is 12.0 Å². The van der Waals surface area contributed by atoms with Crippen molar-refractivity contribution in [3.8, 4) is 0 Å². The highest BCUT2D eigenvalue weighted by molar-refractivity contribution is 5.21. The van der Waals surface area contributed by atoms with Gasteiger partial charge in [-0.15, -0.1) is 0 Å². The fourth-order valence-corrected chi connectivity index (χ4v) is 1.95. The van der Waals surface area contributed by atoms with Gasteiger partial charge in [0.2, 0.25) is 0 Å². The number of hydrogen-bond donors (Lipinski definition) is 0. The van der Waals surface area contributed by atoms with Gasteiger partial charge in [0.15, 0.2) is 0 Å². The molecule has 1 atom stereocenters. The van der Waals surface area contributed by atoms with Crippen LogP contribution in [0.4, 0.5) is 0 Å². The lowest BCUT2D eigenvalue weighted by Crippen LogP contribution is -2.01. The first-order valence-corrected chi connectivity index (χ1v) is 5.94. The summed E-state index contributed by atoms with van der Waals surface area (Å²) < 4.78 is 10.1. The van der Waals surface area contributed by atoms with E-state index in [1.165, 1.54) is 0 Å². The van der Waals surface area contributed by atoms with Crippen molar-refractivity contribution in [2.45, 2.75) is 46.0 Å². The standard InChI is InChI=1S/C13H18N2O2/c1-8(2)13-11(7-16-15-13)5-9(3)12-6-10(4)17-14-12/h6-9H,5H2,1-4H3. The third-order valence-electron chi connectivity index (χ3n) is 2.90. The minimum Gasteiger partial charge on any atom is -0.364 e. The fourth-order valence-electron chi connectivity index (χ4n) is 1.95. The van der Waals surface area contributed by atoms with Crippen molar-refractivity contribution in [3.05, 3.63) is 35.0 Å². The van der Waals surface area contributed by atoms with Crippen LogP contribution < -0.4 is 0 Å². The van der Waals surface area contributed by atoms with Crippen molar-refractivity contribution in [2.75, 3.05) is 0 Å². The zero-order valence-electron chi connectivity index (χ0n) is 10.7. The van der Waals surface area contributed by atoms with Crippen LogP contribution in [0.3, 0.4) is 0 Å². The van der Waals surface area contributed by atoms with Gasteiger partial charge in [0.25, 0.3) is 0 Å². The van der Waals surface area contributed by atoms with Crippen molar-refractivity contribution in [3.63, 3.8) is 0 Å². The molecule has 0 fully saturated rings. The van der Waals surface area contributed by atoms with Gasteiger partial charge < -0.3 is 9.05 Å². The Kier molecular flexibility index (Phi) is 3.31. The first-order chi connectivity index (χ1) is 8.08. The minimum atomic E-state index is 0.310. The summed E-state index contributed by atoms with van der Waals surface area (Å²) >= 11 is 0. The lowest BCUT2D eigenvalue weighted by Gasteiger charge is -2.08. The molecule has 2 aromatic rings. The summed E-state index contributed by atoms with van der Waals surface area (Å²) in [5.41, 5.74) is 3.18. The van der Waals surface area contributed by atoms with Crippen molar-refractivity contribution in [1.82, 2.24) is 10.3 Å². The molecular weight excluding hydrogens is 216 g/mol. The molecule has 0 amide bonds. The highest BCUT2D eigenvalue weighted by Crippen LogP contribution is 2.25. The van der Waals surface area contributed by atoms with Gasteiger partial charge in [-0.25, -0.2) is 0 Å². The molecule has 2 heterocycles. The summed E-state index contributed by atoms with van der Waals surface area (Å²) in [4.78, 5) is 0. The Balaban J connectivity index is 2.13. The van der Waals surface area contributed by atoms with E-state index in [1.54, 1.807) is 6.26 Å². The topological polar surface area (TPSA) is 52.1 Å². The summed E-state index contributed by atoms with van der Waals surface area (Å²) in [6.07, 6.45) is 2.61. The molecule has 4 nitrogen and oxygen atoms in total. The van der Waals surface area contributed by atoms with Crippen LogP contribution in [-0.4, -0.2) is 10.3 Å². The van der Waals surface area contributed by atoms with E-state index in [0.717, 1.165) is 29.1 Å². The van der Waals surface area contributed by atoms with Crippen LogP contribution in [0.1, 0.15) is 55.3 Å². The molecule has 0 N–H and O–H groups in total. The van der Waals surface area contributed by atoms with Gasteiger partial charge in [-0.3, -0.25) is 0 Å². The van der Waals surface area contributed by atoms with Crippen molar-refractivity contribution in [1.29, 1.82) is 0 Å². The Morgan fingerprint density at radius 3 is 2.59 bits per heavy atom. The maximum atomic E-state index is 5.09. The number of rotatable bonds is 4. The second-order valence-corrected chi connectivity index (χ2v) is 4.85. The molecule has 0 radical (unpaired) electrons. The summed E-state index contributed by atoms with van der Waals surface area (Å²) in [5.74, 6) is 1.54. The van der Waals surface area contributed by atoms with E-state index in [-0.39, 0.29) is 0 Å². The Bertz CT molecular complexity index is 485. The van der Waals surface area contributed by atoms with Crippen LogP contribution in [0.5, 0.6) is 0 Å². The number of hydrogen-bond acceptors (Lipinski definition) is 4. The molecule has 0 saturated carbocycles. The van der Waals surface area contributed by atoms with Gasteiger partial charge in [-0.1, -0.05) is 31.1 Å². The Labute approximate surface area is 101 Å². The Hall–Kier alpha value is -1.58. The van der Waals surface area contributed by atoms with Crippen LogP contribution in [0.15, 0.2) is 21.4 Å². The van der Waals surface area contributed by atoms with Crippen molar-refractivity contribution < 1.29 is 9.05 Å². The zero-order chi connectivity index (χ0) is 12.4. The molecule has 17 heavy (non-hydrogen) atoms. The van der Waals surface area contributed by atoms with Gasteiger partial charge in [0, 0.05) is 17.5 Å². The first kappa shape index (κ1) is 11.9. The third kappa shape index (κ3) is 2.57. The lowest BCUT2D eigenvalue weighted by molar-refractivity contribution is 0.386. The third-order valence-corrected chi connectivity index (χ3v) is 2.90. The first-order valence-electron chi connectivity index (χ1n) is 5.94. The summed E-state index contributed by atoms with van der Waals surface area (Å²) in [7, 11) is 0. The van der Waals surface area contributed by atoms with E-state index in [9.17, 15) is 0 Å². The summed E-state index contributed by atoms with van der Waals surface area (Å²) in [6, 6.07) is 1.98. The average molecular weight is 234 g/mol. The van der Waals surface area contributed by atoms with E-state index in [4.69, 9.17) is 9.05 Å². The molecule has 2 aromatic heterocycles. The molecule has 0 aliphatic heterocycles. The second kappa shape index (κ2) is 4.73. The molecule has 4 heteroatoms. The fraction of sp³-hybridized carbons (Fsp3) is 0.538. The molecule has 92 valence electrons. The lowest BCUT2D eigenvalue weighted by atomic mass is 9.95. The minimum absolute atomic E-state index is 0.310. The molecule has 0 aromatic carbocycles. The van der Waals surface area contributed by atoms with Crippen molar-refractivity contribution in [2.24, 2.45) is 0 Å². The van der Waals surface area contributed by atoms with Crippen molar-refractivity contribution >= 4 is 0 Å². The SMILES string of the molecule is Cc1cc(C(C)Cc2conc2C(C)C)no1. The molecule has 2 rings (SSSR count). The van der Waals surface area contributed by atoms with Gasteiger partial charge in [0.05, 0.1) is 11.4 Å². The van der Waals surface area contributed by atoms with E-state index < -0.39 is 0 Å². The van der Waals surface area contributed by atoms with E-state index >= 15 is 0 Å². The molecule has 0 saturated heterocycles. The monoisotopic (exact) mass is 234 g/mol. The van der Waals surface area contributed by atoms with Gasteiger partial charge >= 0.3 is 0 Å². The largest absolute Gasteiger partial charge is 0.364 e. The van der Waals surface area contributed by atoms with Crippen LogP contribution in [-0.2, 0) is 6.42 Å². The molecule has 0 aliphatic rings. The predicted molar refractivity (Wildman–Crippen MR) is 64.0 cm³/mol. The van der Waals surface area contributed by atoms with Crippen LogP contribution in [0.2, 0.25) is 0 Å². The Morgan fingerprint density at radius 2 is 2.00 bits per heavy atom. The molecule has 1 unspecified atom stereocenters. The van der Waals surface area contributed by atoms with Crippen LogP contribution in [0, 0.1) is 6.92 Å². The molecule has 0 spiro atoms. The molecular formula is C13H18N2O2. The summed E-state index contributed by atoms with van der Waals surface area (Å²) in [6.45, 7) is 8.27. The number of nitrogens with zero attached hydrogens (tertiary/aromatic N) is 2. The van der Waals surface area contributed by atoms with E-state index in [1.807, 2.05) is 13.0 Å². The summed E-state index contributed by atoms with van der Waals surface area (Å²) in [5, 5.41) is 8.09. The maximum absolute atomic E-state index is 5.09. The molecule has 0 bridgehead atoms. The average Bonchev–Trinajstić information content (AvgIpc) is 2.86. The van der Waals surface area contributed by atoms with E-state index in [0.29, 0.717) is 11.8 Å². The predicted octanol–water partition coefficient (Wildman–Crippen LogP) is 3.44. The van der Waals surface area contributed by atoms with Gasteiger partial charge in [-0.2, -0.15) is 0 Å². The number of aromatic nitrogens is 2. The smallest absolute Gasteiger partial charge is 0.133 e. The normalized spacial score (nSPS) is 13.2. The Morgan fingerprint density at radius 1 is 1.24 bits per heavy atom. The number of aryl methyl sites for hydroxylation is 1. The second-order valence-electron chi connectivity index (χ2n) is 4.85. The maximum Gasteiger partial charge on any atom is 0.133 e. The highest BCUT2D eigenvalue weighted by atomic mass is 16.5. The molecule has 0 aliphatic carbocycles. The van der Waals surface area contributed by atoms with Crippen LogP contribution >= 0.6 is 0 Å². The van der Waals surface area contributed by atoms with Crippen LogP contribution in [0.25, 0.3) is 0 Å².